The van der Waals surface area contributed by atoms with Crippen molar-refractivity contribution in [1.82, 2.24) is 5.43 Å². The van der Waals surface area contributed by atoms with Gasteiger partial charge in [-0.1, -0.05) is 38.5 Å². The van der Waals surface area contributed by atoms with Crippen LogP contribution in [0.15, 0.2) is 24.3 Å². The Morgan fingerprint density at radius 3 is 2.67 bits per heavy atom. The molecule has 2 rings (SSSR count). The van der Waals surface area contributed by atoms with E-state index in [1.165, 1.54) is 24.8 Å². The van der Waals surface area contributed by atoms with Gasteiger partial charge in [-0.3, -0.25) is 11.3 Å². The lowest BCUT2D eigenvalue weighted by Crippen LogP contribution is -2.37. The van der Waals surface area contributed by atoms with E-state index in [9.17, 15) is 0 Å². The average Bonchev–Trinajstić information content (AvgIpc) is 2.71. The van der Waals surface area contributed by atoms with Crippen LogP contribution in [0.2, 0.25) is 0 Å². The highest BCUT2D eigenvalue weighted by molar-refractivity contribution is 5.36. The van der Waals surface area contributed by atoms with E-state index in [0.717, 1.165) is 5.75 Å². The highest BCUT2D eigenvalue weighted by Gasteiger charge is 2.40. The number of benzene rings is 1. The standard InChI is InChI=1S/C15H24N2O/c1-15(2)10-6-8-12(15)14(17-16)11-7-4-5-9-13(11)18-3/h4-5,7,9,12,14,17H,6,8,10,16H2,1-3H3. The Kier molecular flexibility index (Phi) is 3.93. The summed E-state index contributed by atoms with van der Waals surface area (Å²) in [5.74, 6) is 7.30. The molecule has 100 valence electrons. The van der Waals surface area contributed by atoms with Crippen LogP contribution in [0.3, 0.4) is 0 Å². The molecular formula is C15H24N2O. The van der Waals surface area contributed by atoms with E-state index in [-0.39, 0.29) is 6.04 Å². The van der Waals surface area contributed by atoms with Crippen LogP contribution in [0.5, 0.6) is 5.75 Å². The van der Waals surface area contributed by atoms with E-state index in [2.05, 4.69) is 25.3 Å². The number of methoxy groups -OCH3 is 1. The monoisotopic (exact) mass is 248 g/mol. The van der Waals surface area contributed by atoms with E-state index >= 15 is 0 Å². The summed E-state index contributed by atoms with van der Waals surface area (Å²) in [6.07, 6.45) is 3.77. The normalized spacial score (nSPS) is 23.9. The van der Waals surface area contributed by atoms with Gasteiger partial charge in [0.2, 0.25) is 0 Å². The van der Waals surface area contributed by atoms with E-state index in [1.54, 1.807) is 7.11 Å². The molecule has 1 aromatic rings. The third-order valence-corrected chi connectivity index (χ3v) is 4.40. The minimum Gasteiger partial charge on any atom is -0.496 e. The maximum absolute atomic E-state index is 5.82. The van der Waals surface area contributed by atoms with Gasteiger partial charge in [0.1, 0.15) is 5.75 Å². The van der Waals surface area contributed by atoms with Crippen molar-refractivity contribution < 1.29 is 4.74 Å². The zero-order valence-corrected chi connectivity index (χ0v) is 11.6. The van der Waals surface area contributed by atoms with Crippen molar-refractivity contribution in [2.75, 3.05) is 7.11 Å². The van der Waals surface area contributed by atoms with Gasteiger partial charge in [-0.05, 0) is 30.2 Å². The van der Waals surface area contributed by atoms with Crippen LogP contribution in [-0.2, 0) is 0 Å². The molecule has 3 heteroatoms. The second kappa shape index (κ2) is 5.29. The number of hydrogen-bond donors (Lipinski definition) is 2. The Morgan fingerprint density at radius 1 is 1.39 bits per heavy atom. The maximum Gasteiger partial charge on any atom is 0.123 e. The fourth-order valence-electron chi connectivity index (χ4n) is 3.32. The lowest BCUT2D eigenvalue weighted by Gasteiger charge is -2.34. The Hall–Kier alpha value is -1.06. The molecule has 1 aromatic carbocycles. The van der Waals surface area contributed by atoms with Gasteiger partial charge < -0.3 is 4.74 Å². The van der Waals surface area contributed by atoms with Crippen LogP contribution in [0, 0.1) is 11.3 Å². The zero-order valence-electron chi connectivity index (χ0n) is 11.6. The molecule has 0 bridgehead atoms. The van der Waals surface area contributed by atoms with Gasteiger partial charge in [-0.25, -0.2) is 0 Å². The summed E-state index contributed by atoms with van der Waals surface area (Å²) in [7, 11) is 1.71. The largest absolute Gasteiger partial charge is 0.496 e. The Morgan fingerprint density at radius 2 is 2.11 bits per heavy atom. The predicted octanol–water partition coefficient (Wildman–Crippen LogP) is 3.03. The van der Waals surface area contributed by atoms with Crippen molar-refractivity contribution >= 4 is 0 Å². The van der Waals surface area contributed by atoms with Crippen molar-refractivity contribution in [3.8, 4) is 5.75 Å². The Balaban J connectivity index is 2.33. The van der Waals surface area contributed by atoms with Crippen LogP contribution in [0.4, 0.5) is 0 Å². The lowest BCUT2D eigenvalue weighted by molar-refractivity contribution is 0.195. The van der Waals surface area contributed by atoms with Crippen LogP contribution in [0.1, 0.15) is 44.7 Å². The van der Waals surface area contributed by atoms with E-state index in [1.807, 2.05) is 18.2 Å². The summed E-state index contributed by atoms with van der Waals surface area (Å²) in [6.45, 7) is 4.68. The molecular weight excluding hydrogens is 224 g/mol. The number of ether oxygens (including phenoxy) is 1. The van der Waals surface area contributed by atoms with Gasteiger partial charge in [0.25, 0.3) is 0 Å². The van der Waals surface area contributed by atoms with Crippen LogP contribution in [-0.4, -0.2) is 7.11 Å². The van der Waals surface area contributed by atoms with Gasteiger partial charge in [0.15, 0.2) is 0 Å². The number of hydrazine groups is 1. The first-order chi connectivity index (χ1) is 8.60. The molecule has 0 radical (unpaired) electrons. The quantitative estimate of drug-likeness (QED) is 0.636. The first-order valence-corrected chi connectivity index (χ1v) is 6.69. The minimum absolute atomic E-state index is 0.165. The molecule has 1 saturated carbocycles. The SMILES string of the molecule is COc1ccccc1C(NN)C1CCCC1(C)C. The summed E-state index contributed by atoms with van der Waals surface area (Å²) < 4.78 is 5.46. The number of para-hydroxylation sites is 1. The highest BCUT2D eigenvalue weighted by atomic mass is 16.5. The van der Waals surface area contributed by atoms with Gasteiger partial charge in [-0.15, -0.1) is 0 Å². The minimum atomic E-state index is 0.165. The molecule has 1 aliphatic carbocycles. The second-order valence-electron chi connectivity index (χ2n) is 5.87. The molecule has 0 aromatic heterocycles. The lowest BCUT2D eigenvalue weighted by atomic mass is 9.75. The van der Waals surface area contributed by atoms with Crippen molar-refractivity contribution in [3.05, 3.63) is 29.8 Å². The summed E-state index contributed by atoms with van der Waals surface area (Å²) in [4.78, 5) is 0. The smallest absolute Gasteiger partial charge is 0.123 e. The van der Waals surface area contributed by atoms with Crippen LogP contribution in [0.25, 0.3) is 0 Å². The van der Waals surface area contributed by atoms with Crippen molar-refractivity contribution in [1.29, 1.82) is 0 Å². The zero-order chi connectivity index (χ0) is 13.2. The van der Waals surface area contributed by atoms with E-state index in [0.29, 0.717) is 11.3 Å². The Labute approximate surface area is 110 Å². The van der Waals surface area contributed by atoms with Gasteiger partial charge in [-0.2, -0.15) is 0 Å². The first-order valence-electron chi connectivity index (χ1n) is 6.69. The third kappa shape index (κ3) is 2.38. The molecule has 0 amide bonds. The van der Waals surface area contributed by atoms with E-state index in [4.69, 9.17) is 10.6 Å². The third-order valence-electron chi connectivity index (χ3n) is 4.40. The number of hydrogen-bond acceptors (Lipinski definition) is 3. The summed E-state index contributed by atoms with van der Waals surface area (Å²) >= 11 is 0. The molecule has 3 N–H and O–H groups in total. The van der Waals surface area contributed by atoms with Gasteiger partial charge in [0, 0.05) is 5.56 Å². The summed E-state index contributed by atoms with van der Waals surface area (Å²) in [6, 6.07) is 8.32. The maximum atomic E-state index is 5.82. The summed E-state index contributed by atoms with van der Waals surface area (Å²) in [5, 5.41) is 0. The van der Waals surface area contributed by atoms with Gasteiger partial charge >= 0.3 is 0 Å². The van der Waals surface area contributed by atoms with Crippen molar-refractivity contribution in [2.24, 2.45) is 17.2 Å². The molecule has 0 aliphatic heterocycles. The fourth-order valence-corrected chi connectivity index (χ4v) is 3.32. The Bertz CT molecular complexity index is 403. The highest BCUT2D eigenvalue weighted by Crippen LogP contribution is 2.49. The topological polar surface area (TPSA) is 47.3 Å². The molecule has 0 spiro atoms. The average molecular weight is 248 g/mol. The second-order valence-corrected chi connectivity index (χ2v) is 5.87. The molecule has 2 atom stereocenters. The number of nitrogens with two attached hydrogens (primary N) is 1. The van der Waals surface area contributed by atoms with Gasteiger partial charge in [0.05, 0.1) is 13.2 Å². The molecule has 0 heterocycles. The molecule has 2 unspecified atom stereocenters. The number of rotatable bonds is 4. The van der Waals surface area contributed by atoms with Crippen LogP contribution >= 0.6 is 0 Å². The molecule has 1 aliphatic rings. The van der Waals surface area contributed by atoms with Crippen molar-refractivity contribution in [2.45, 2.75) is 39.2 Å². The number of nitrogens with one attached hydrogen (secondary N) is 1. The molecule has 18 heavy (non-hydrogen) atoms. The molecule has 0 saturated heterocycles. The fraction of sp³-hybridized carbons (Fsp3) is 0.600. The predicted molar refractivity (Wildman–Crippen MR) is 74.2 cm³/mol. The summed E-state index contributed by atoms with van der Waals surface area (Å²) in [5.41, 5.74) is 4.51. The van der Waals surface area contributed by atoms with Crippen molar-refractivity contribution in [3.63, 3.8) is 0 Å². The molecule has 3 nitrogen and oxygen atoms in total. The van der Waals surface area contributed by atoms with Crippen LogP contribution < -0.4 is 16.0 Å². The molecule has 1 fully saturated rings. The first kappa shape index (κ1) is 13.4. The van der Waals surface area contributed by atoms with E-state index < -0.39 is 0 Å².